The number of alkyl halides is 4. The summed E-state index contributed by atoms with van der Waals surface area (Å²) in [6.45, 7) is 0. The van der Waals surface area contributed by atoms with Crippen LogP contribution in [0.1, 0.15) is 11.3 Å². The van der Waals surface area contributed by atoms with Crippen LogP contribution in [0.2, 0.25) is 5.02 Å². The van der Waals surface area contributed by atoms with Crippen molar-refractivity contribution in [3.63, 3.8) is 0 Å². The molecule has 0 fully saturated rings. The van der Waals surface area contributed by atoms with Crippen LogP contribution < -0.4 is 0 Å². The van der Waals surface area contributed by atoms with Crippen molar-refractivity contribution < 1.29 is 13.2 Å². The molecular formula is C10H6Cl2F3N3. The van der Waals surface area contributed by atoms with Crippen LogP contribution in [0.5, 0.6) is 0 Å². The molecule has 0 aliphatic rings. The molecule has 8 heteroatoms. The molecular weight excluding hydrogens is 290 g/mol. The lowest BCUT2D eigenvalue weighted by molar-refractivity contribution is -0.137. The Balaban J connectivity index is 2.47. The van der Waals surface area contributed by atoms with Gasteiger partial charge in [-0.3, -0.25) is 0 Å². The first kappa shape index (κ1) is 13.2. The lowest BCUT2D eigenvalue weighted by Crippen LogP contribution is -2.07. The van der Waals surface area contributed by atoms with E-state index in [9.17, 15) is 13.2 Å². The smallest absolute Gasteiger partial charge is 0.220 e. The molecule has 0 saturated carbocycles. The Kier molecular flexibility index (Phi) is 3.49. The predicted molar refractivity (Wildman–Crippen MR) is 60.9 cm³/mol. The molecule has 96 valence electrons. The molecule has 0 atom stereocenters. The van der Waals surface area contributed by atoms with Gasteiger partial charge in [-0.2, -0.15) is 13.2 Å². The van der Waals surface area contributed by atoms with Crippen molar-refractivity contribution in [2.45, 2.75) is 12.1 Å². The van der Waals surface area contributed by atoms with Crippen LogP contribution in [0.15, 0.2) is 24.4 Å². The van der Waals surface area contributed by atoms with Crippen LogP contribution in [0.3, 0.4) is 0 Å². The van der Waals surface area contributed by atoms with Gasteiger partial charge in [-0.1, -0.05) is 16.8 Å². The maximum atomic E-state index is 12.7. The second-order valence-electron chi connectivity index (χ2n) is 3.45. The summed E-state index contributed by atoms with van der Waals surface area (Å²) in [5.41, 5.74) is -0.222. The molecule has 18 heavy (non-hydrogen) atoms. The van der Waals surface area contributed by atoms with E-state index in [0.717, 1.165) is 6.07 Å². The Hall–Kier alpha value is -1.27. The molecule has 1 heterocycles. The third-order valence-electron chi connectivity index (χ3n) is 2.20. The van der Waals surface area contributed by atoms with Gasteiger partial charge >= 0.3 is 6.18 Å². The summed E-state index contributed by atoms with van der Waals surface area (Å²) < 4.78 is 39.2. The van der Waals surface area contributed by atoms with E-state index in [1.165, 1.54) is 23.0 Å². The lowest BCUT2D eigenvalue weighted by atomic mass is 10.2. The summed E-state index contributed by atoms with van der Waals surface area (Å²) in [5.74, 6) is 0.139. The molecule has 0 aliphatic carbocycles. The fourth-order valence-electron chi connectivity index (χ4n) is 1.36. The highest BCUT2D eigenvalue weighted by molar-refractivity contribution is 6.31. The van der Waals surface area contributed by atoms with Crippen LogP contribution in [0, 0.1) is 0 Å². The number of hydrogen-bond donors (Lipinski definition) is 0. The van der Waals surface area contributed by atoms with Crippen molar-refractivity contribution in [1.29, 1.82) is 0 Å². The van der Waals surface area contributed by atoms with Crippen molar-refractivity contribution in [2.75, 3.05) is 0 Å². The zero-order valence-electron chi connectivity index (χ0n) is 8.75. The van der Waals surface area contributed by atoms with Gasteiger partial charge < -0.3 is 0 Å². The maximum Gasteiger partial charge on any atom is 0.417 e. The molecule has 1 aromatic carbocycles. The van der Waals surface area contributed by atoms with Gasteiger partial charge in [0.2, 0.25) is 0 Å². The van der Waals surface area contributed by atoms with Crippen LogP contribution in [-0.2, 0) is 12.1 Å². The largest absolute Gasteiger partial charge is 0.417 e. The highest BCUT2D eigenvalue weighted by Crippen LogP contribution is 2.35. The molecule has 0 bridgehead atoms. The minimum absolute atomic E-state index is 0.139. The average Bonchev–Trinajstić information content (AvgIpc) is 2.76. The van der Waals surface area contributed by atoms with E-state index in [-0.39, 0.29) is 16.6 Å². The van der Waals surface area contributed by atoms with Crippen LogP contribution >= 0.6 is 23.2 Å². The third kappa shape index (κ3) is 2.59. The molecule has 2 rings (SSSR count). The molecule has 0 spiro atoms. The minimum atomic E-state index is -4.51. The van der Waals surface area contributed by atoms with Crippen molar-refractivity contribution in [3.05, 3.63) is 40.7 Å². The van der Waals surface area contributed by atoms with E-state index >= 15 is 0 Å². The number of nitrogens with zero attached hydrogens (tertiary/aromatic N) is 3. The van der Waals surface area contributed by atoms with Gasteiger partial charge in [-0.25, -0.2) is 4.68 Å². The summed E-state index contributed by atoms with van der Waals surface area (Å²) in [7, 11) is 0. The van der Waals surface area contributed by atoms with Gasteiger partial charge in [0.1, 0.15) is 0 Å². The van der Waals surface area contributed by atoms with E-state index in [1.807, 2.05) is 0 Å². The fourth-order valence-corrected chi connectivity index (χ4v) is 1.71. The quantitative estimate of drug-likeness (QED) is 0.791. The highest BCUT2D eigenvalue weighted by Gasteiger charge is 2.33. The molecule has 3 nitrogen and oxygen atoms in total. The minimum Gasteiger partial charge on any atom is -0.220 e. The van der Waals surface area contributed by atoms with Crippen molar-refractivity contribution in [2.24, 2.45) is 0 Å². The summed E-state index contributed by atoms with van der Waals surface area (Å²) in [4.78, 5) is 0. The lowest BCUT2D eigenvalue weighted by Gasteiger charge is -2.10. The van der Waals surface area contributed by atoms with E-state index in [1.54, 1.807) is 0 Å². The van der Waals surface area contributed by atoms with E-state index in [2.05, 4.69) is 10.3 Å². The number of aromatic nitrogens is 3. The van der Waals surface area contributed by atoms with Crippen LogP contribution in [0.25, 0.3) is 5.69 Å². The normalized spacial score (nSPS) is 11.8. The third-order valence-corrected chi connectivity index (χ3v) is 2.80. The zero-order valence-corrected chi connectivity index (χ0v) is 10.3. The topological polar surface area (TPSA) is 30.7 Å². The van der Waals surface area contributed by atoms with Crippen LogP contribution in [0.4, 0.5) is 13.2 Å². The van der Waals surface area contributed by atoms with Crippen molar-refractivity contribution >= 4 is 23.2 Å². The Morgan fingerprint density at radius 3 is 2.56 bits per heavy atom. The van der Waals surface area contributed by atoms with Gasteiger partial charge in [0.05, 0.1) is 34.0 Å². The predicted octanol–water partition coefficient (Wildman–Crippen LogP) is 3.68. The summed E-state index contributed by atoms with van der Waals surface area (Å²) in [6.07, 6.45) is -3.06. The molecule has 1 aromatic heterocycles. The van der Waals surface area contributed by atoms with Gasteiger partial charge in [-0.05, 0) is 18.2 Å². The van der Waals surface area contributed by atoms with E-state index in [0.29, 0.717) is 5.69 Å². The Bertz CT molecular complexity index is 566. The second kappa shape index (κ2) is 4.78. The van der Waals surface area contributed by atoms with Gasteiger partial charge in [-0.15, -0.1) is 16.7 Å². The highest BCUT2D eigenvalue weighted by atomic mass is 35.5. The standard InChI is InChI=1S/C10H6Cl2F3N3/c11-4-6-5-18(17-16-6)7-1-2-9(12)8(3-7)10(13,14)15/h1-3,5H,4H2. The monoisotopic (exact) mass is 295 g/mol. The number of halogens is 5. The Morgan fingerprint density at radius 2 is 2.00 bits per heavy atom. The Morgan fingerprint density at radius 1 is 1.28 bits per heavy atom. The second-order valence-corrected chi connectivity index (χ2v) is 4.12. The SMILES string of the molecule is FC(F)(F)c1cc(-n2cc(CCl)nn2)ccc1Cl. The van der Waals surface area contributed by atoms with Gasteiger partial charge in [0.15, 0.2) is 0 Å². The van der Waals surface area contributed by atoms with Gasteiger partial charge in [0, 0.05) is 0 Å². The first-order valence-corrected chi connectivity index (χ1v) is 5.67. The van der Waals surface area contributed by atoms with E-state index < -0.39 is 11.7 Å². The van der Waals surface area contributed by atoms with E-state index in [4.69, 9.17) is 23.2 Å². The summed E-state index contributed by atoms with van der Waals surface area (Å²) in [6, 6.07) is 3.50. The summed E-state index contributed by atoms with van der Waals surface area (Å²) >= 11 is 11.1. The first-order valence-electron chi connectivity index (χ1n) is 4.76. The number of hydrogen-bond acceptors (Lipinski definition) is 2. The zero-order chi connectivity index (χ0) is 13.3. The molecule has 0 N–H and O–H groups in total. The number of benzene rings is 1. The molecule has 0 aliphatic heterocycles. The van der Waals surface area contributed by atoms with Gasteiger partial charge in [0.25, 0.3) is 0 Å². The Labute approximate surface area is 110 Å². The molecule has 2 aromatic rings. The molecule has 0 amide bonds. The molecule has 0 radical (unpaired) electrons. The maximum absolute atomic E-state index is 12.7. The van der Waals surface area contributed by atoms with Crippen LogP contribution in [-0.4, -0.2) is 15.0 Å². The molecule has 0 saturated heterocycles. The summed E-state index contributed by atoms with van der Waals surface area (Å²) in [5, 5.41) is 7.02. The first-order chi connectivity index (χ1) is 8.41. The number of rotatable bonds is 2. The molecule has 0 unspecified atom stereocenters. The average molecular weight is 296 g/mol. The van der Waals surface area contributed by atoms with Crippen molar-refractivity contribution in [3.8, 4) is 5.69 Å². The van der Waals surface area contributed by atoms with Crippen molar-refractivity contribution in [1.82, 2.24) is 15.0 Å². The fraction of sp³-hybridized carbons (Fsp3) is 0.200.